The minimum Gasteiger partial charge on any atom is -0.475 e. The summed E-state index contributed by atoms with van der Waals surface area (Å²) in [5.74, 6) is -0.952. The summed E-state index contributed by atoms with van der Waals surface area (Å²) in [6.07, 6.45) is 0. The molecular formula is C28H20Cl2N3O3+. The zero-order valence-electron chi connectivity index (χ0n) is 18.8. The predicted molar refractivity (Wildman–Crippen MR) is 137 cm³/mol. The van der Waals surface area contributed by atoms with Crippen LogP contribution in [0.3, 0.4) is 0 Å². The fraction of sp³-hybridized carbons (Fsp3) is 0.0357. The molecule has 0 saturated carbocycles. The molecule has 0 radical (unpaired) electrons. The van der Waals surface area contributed by atoms with Gasteiger partial charge in [-0.05, 0) is 12.1 Å². The van der Waals surface area contributed by atoms with Crippen molar-refractivity contribution in [3.05, 3.63) is 142 Å². The van der Waals surface area contributed by atoms with Crippen molar-refractivity contribution in [2.24, 2.45) is 0 Å². The summed E-state index contributed by atoms with van der Waals surface area (Å²) in [6.45, 7) is 0. The summed E-state index contributed by atoms with van der Waals surface area (Å²) in [6, 6.07) is 33.6. The van der Waals surface area contributed by atoms with Crippen molar-refractivity contribution in [2.45, 2.75) is 5.54 Å². The van der Waals surface area contributed by atoms with E-state index in [-0.39, 0.29) is 16.6 Å². The molecule has 8 heteroatoms. The molecule has 0 aliphatic heterocycles. The number of carboxylic acids is 1. The van der Waals surface area contributed by atoms with E-state index < -0.39 is 11.5 Å². The van der Waals surface area contributed by atoms with Crippen LogP contribution in [0.2, 0.25) is 10.0 Å². The highest BCUT2D eigenvalue weighted by molar-refractivity contribution is 6.42. The van der Waals surface area contributed by atoms with E-state index in [1.165, 1.54) is 10.7 Å². The number of H-pyrrole nitrogens is 1. The van der Waals surface area contributed by atoms with E-state index >= 15 is 0 Å². The number of rotatable bonds is 7. The Morgan fingerprint density at radius 2 is 1.28 bits per heavy atom. The molecule has 4 aromatic carbocycles. The molecule has 178 valence electrons. The van der Waals surface area contributed by atoms with Crippen LogP contribution < -0.4 is 9.42 Å². The predicted octanol–water partition coefficient (Wildman–Crippen LogP) is 6.33. The molecule has 5 aromatic rings. The van der Waals surface area contributed by atoms with Gasteiger partial charge in [0.05, 0.1) is 15.3 Å². The Bertz CT molecular complexity index is 1410. The third-order valence-corrected chi connectivity index (χ3v) is 6.62. The van der Waals surface area contributed by atoms with Crippen molar-refractivity contribution in [3.63, 3.8) is 0 Å². The number of carbonyl (C=O) groups is 1. The summed E-state index contributed by atoms with van der Waals surface area (Å²) in [4.78, 5) is 12.7. The van der Waals surface area contributed by atoms with Gasteiger partial charge in [-0.15, -0.1) is 5.10 Å². The van der Waals surface area contributed by atoms with Crippen LogP contribution in [0.1, 0.15) is 27.2 Å². The average molecular weight is 517 g/mol. The molecule has 0 aliphatic carbocycles. The molecule has 0 spiro atoms. The van der Waals surface area contributed by atoms with Gasteiger partial charge in [-0.25, -0.2) is 4.79 Å². The van der Waals surface area contributed by atoms with E-state index in [0.29, 0.717) is 10.8 Å². The second kappa shape index (κ2) is 9.85. The summed E-state index contributed by atoms with van der Waals surface area (Å²) < 4.78 is 7.39. The Labute approximate surface area is 217 Å². The van der Waals surface area contributed by atoms with Gasteiger partial charge in [-0.1, -0.05) is 119 Å². The highest BCUT2D eigenvalue weighted by Gasteiger charge is 2.49. The summed E-state index contributed by atoms with van der Waals surface area (Å²) in [5.41, 5.74) is 1.16. The van der Waals surface area contributed by atoms with E-state index in [0.717, 1.165) is 16.7 Å². The lowest BCUT2D eigenvalue weighted by molar-refractivity contribution is -0.789. The standard InChI is InChI=1S/C28H19Cl2N3O3/c29-23-17-16-22(18-24(23)30)36-26-25(27(34)35)33(32-31-26)28(19-10-4-1-5-11-19,20-12-6-2-7-13-20)21-14-8-3-9-15-21/h1-18H,(H,34,35)/p+1. The summed E-state index contributed by atoms with van der Waals surface area (Å²) in [7, 11) is 0. The topological polar surface area (TPSA) is 79.1 Å². The molecule has 5 rings (SSSR count). The third-order valence-electron chi connectivity index (χ3n) is 5.88. The van der Waals surface area contributed by atoms with Gasteiger partial charge in [-0.3, -0.25) is 0 Å². The van der Waals surface area contributed by atoms with Crippen LogP contribution in [0.15, 0.2) is 109 Å². The Hall–Kier alpha value is -4.13. The fourth-order valence-corrected chi connectivity index (χ4v) is 4.65. The van der Waals surface area contributed by atoms with Crippen molar-refractivity contribution in [3.8, 4) is 11.6 Å². The summed E-state index contributed by atoms with van der Waals surface area (Å²) >= 11 is 12.2. The maximum atomic E-state index is 12.7. The van der Waals surface area contributed by atoms with Crippen molar-refractivity contribution in [1.29, 1.82) is 0 Å². The number of ether oxygens (including phenoxy) is 1. The second-order valence-corrected chi connectivity index (χ2v) is 8.81. The van der Waals surface area contributed by atoms with Gasteiger partial charge >= 0.3 is 17.5 Å². The lowest BCUT2D eigenvalue weighted by atomic mass is 9.77. The molecule has 0 unspecified atom stereocenters. The number of nitrogens with one attached hydrogen (secondary N) is 1. The Morgan fingerprint density at radius 1 is 0.778 bits per heavy atom. The third kappa shape index (κ3) is 4.11. The number of aromatic amines is 1. The highest BCUT2D eigenvalue weighted by atomic mass is 35.5. The smallest absolute Gasteiger partial charge is 0.386 e. The van der Waals surface area contributed by atoms with Gasteiger partial charge in [0.1, 0.15) is 5.75 Å². The number of aromatic nitrogens is 3. The highest BCUT2D eigenvalue weighted by Crippen LogP contribution is 2.38. The quantitative estimate of drug-likeness (QED) is 0.195. The molecule has 0 amide bonds. The van der Waals surface area contributed by atoms with Crippen LogP contribution >= 0.6 is 23.2 Å². The van der Waals surface area contributed by atoms with E-state index in [2.05, 4.69) is 10.3 Å². The number of nitrogens with zero attached hydrogens (tertiary/aromatic N) is 2. The Morgan fingerprint density at radius 3 is 1.72 bits per heavy atom. The molecule has 2 N–H and O–H groups in total. The first-order valence-corrected chi connectivity index (χ1v) is 11.8. The fourth-order valence-electron chi connectivity index (χ4n) is 4.36. The number of carboxylic acid groups (broad SMARTS) is 1. The lowest BCUT2D eigenvalue weighted by Gasteiger charge is -2.31. The molecule has 0 fully saturated rings. The van der Waals surface area contributed by atoms with Gasteiger partial charge < -0.3 is 9.84 Å². The molecule has 1 heterocycles. The molecular weight excluding hydrogens is 497 g/mol. The maximum absolute atomic E-state index is 12.7. The number of benzene rings is 4. The van der Waals surface area contributed by atoms with E-state index in [1.807, 2.05) is 91.0 Å². The first-order chi connectivity index (χ1) is 17.5. The van der Waals surface area contributed by atoms with Crippen LogP contribution in [-0.4, -0.2) is 21.4 Å². The molecule has 1 aromatic heterocycles. The average Bonchev–Trinajstić information content (AvgIpc) is 3.33. The molecule has 0 aliphatic rings. The first kappa shape index (κ1) is 23.6. The van der Waals surface area contributed by atoms with Crippen molar-refractivity contribution in [2.75, 3.05) is 0 Å². The summed E-state index contributed by atoms with van der Waals surface area (Å²) in [5, 5.41) is 18.3. The van der Waals surface area contributed by atoms with E-state index in [4.69, 9.17) is 27.9 Å². The van der Waals surface area contributed by atoms with Crippen molar-refractivity contribution < 1.29 is 19.3 Å². The van der Waals surface area contributed by atoms with Gasteiger partial charge in [0.15, 0.2) is 0 Å². The van der Waals surface area contributed by atoms with Crippen LogP contribution in [-0.2, 0) is 5.54 Å². The monoisotopic (exact) mass is 516 g/mol. The minimum absolute atomic E-state index is 0.0481. The normalized spacial score (nSPS) is 11.3. The van der Waals surface area contributed by atoms with Crippen molar-refractivity contribution in [1.82, 2.24) is 10.3 Å². The van der Waals surface area contributed by atoms with Crippen LogP contribution in [0.4, 0.5) is 0 Å². The minimum atomic E-state index is -1.22. The van der Waals surface area contributed by atoms with Crippen LogP contribution in [0.25, 0.3) is 0 Å². The number of aromatic carboxylic acids is 1. The SMILES string of the molecule is O=C(O)c1c(Oc2ccc(Cl)c(Cl)c2)[nH]n[n+]1C(c1ccccc1)(c1ccccc1)c1ccccc1. The van der Waals surface area contributed by atoms with Crippen molar-refractivity contribution >= 4 is 29.2 Å². The molecule has 0 saturated heterocycles. The zero-order chi connectivity index (χ0) is 25.1. The largest absolute Gasteiger partial charge is 0.475 e. The lowest BCUT2D eigenvalue weighted by Crippen LogP contribution is -2.62. The van der Waals surface area contributed by atoms with Gasteiger partial charge in [-0.2, -0.15) is 0 Å². The molecule has 0 atom stereocenters. The van der Waals surface area contributed by atoms with Gasteiger partial charge in [0.2, 0.25) is 5.54 Å². The molecule has 36 heavy (non-hydrogen) atoms. The number of hydrogen-bond acceptors (Lipinski definition) is 3. The Balaban J connectivity index is 1.81. The zero-order valence-corrected chi connectivity index (χ0v) is 20.3. The first-order valence-electron chi connectivity index (χ1n) is 11.1. The van der Waals surface area contributed by atoms with Gasteiger partial charge in [0, 0.05) is 22.8 Å². The Kier molecular flexibility index (Phi) is 6.46. The van der Waals surface area contributed by atoms with Crippen LogP contribution in [0.5, 0.6) is 11.6 Å². The number of halogens is 2. The molecule has 0 bridgehead atoms. The van der Waals surface area contributed by atoms with Crippen LogP contribution in [0, 0.1) is 0 Å². The van der Waals surface area contributed by atoms with Gasteiger partial charge in [0.25, 0.3) is 0 Å². The number of hydrogen-bond donors (Lipinski definition) is 2. The second-order valence-electron chi connectivity index (χ2n) is 7.99. The van der Waals surface area contributed by atoms with E-state index in [9.17, 15) is 9.90 Å². The maximum Gasteiger partial charge on any atom is 0.386 e. The molecule has 6 nitrogen and oxygen atoms in total. The van der Waals surface area contributed by atoms with E-state index in [1.54, 1.807) is 12.1 Å².